The van der Waals surface area contributed by atoms with Crippen molar-refractivity contribution in [2.45, 2.75) is 32.1 Å². The van der Waals surface area contributed by atoms with Crippen LogP contribution >= 0.6 is 0 Å². The summed E-state index contributed by atoms with van der Waals surface area (Å²) in [5, 5.41) is 3.05. The van der Waals surface area contributed by atoms with Crippen molar-refractivity contribution in [3.8, 4) is 5.75 Å². The third-order valence-corrected chi connectivity index (χ3v) is 6.41. The topological polar surface area (TPSA) is 76.5 Å². The normalized spacial score (nSPS) is 17.5. The number of amides is 2. The Kier molecular flexibility index (Phi) is 5.53. The fourth-order valence-corrected chi connectivity index (χ4v) is 4.50. The monoisotopic (exact) mass is 454 g/mol. The van der Waals surface area contributed by atoms with E-state index in [1.54, 1.807) is 12.0 Å². The molecule has 1 N–H and O–H groups in total. The van der Waals surface area contributed by atoms with Crippen molar-refractivity contribution in [1.29, 1.82) is 0 Å². The predicted molar refractivity (Wildman–Crippen MR) is 129 cm³/mol. The van der Waals surface area contributed by atoms with Crippen molar-refractivity contribution < 1.29 is 14.3 Å². The standard InChI is InChI=1S/C27H26N4O3/c1-27(26(33)28-16-19-9-4-3-5-10-19)18-30-23-14-7-6-13-22(23)29-24(30)25(32)31(27)17-20-11-8-12-21(15-20)34-2/h3-15H,16-18H2,1-2H3,(H,28,33)/t27-/m1/s1. The molecular weight excluding hydrogens is 428 g/mol. The minimum atomic E-state index is -1.12. The van der Waals surface area contributed by atoms with Crippen molar-refractivity contribution >= 4 is 22.8 Å². The van der Waals surface area contributed by atoms with Crippen molar-refractivity contribution in [3.63, 3.8) is 0 Å². The molecule has 7 heteroatoms. The van der Waals surface area contributed by atoms with Crippen molar-refractivity contribution in [2.75, 3.05) is 7.11 Å². The van der Waals surface area contributed by atoms with E-state index in [0.29, 0.717) is 24.7 Å². The van der Waals surface area contributed by atoms with Gasteiger partial charge in [0.25, 0.3) is 5.91 Å². The maximum atomic E-state index is 13.8. The summed E-state index contributed by atoms with van der Waals surface area (Å²) in [4.78, 5) is 33.7. The number of nitrogens with one attached hydrogen (secondary N) is 1. The van der Waals surface area contributed by atoms with Crippen LogP contribution in [0.3, 0.4) is 0 Å². The highest BCUT2D eigenvalue weighted by Crippen LogP contribution is 2.32. The van der Waals surface area contributed by atoms with Gasteiger partial charge in [0.1, 0.15) is 11.3 Å². The van der Waals surface area contributed by atoms with Crippen LogP contribution in [0.15, 0.2) is 78.9 Å². The van der Waals surface area contributed by atoms with E-state index in [2.05, 4.69) is 10.3 Å². The number of rotatable bonds is 6. The average molecular weight is 455 g/mol. The summed E-state index contributed by atoms with van der Waals surface area (Å²) in [5.41, 5.74) is 2.33. The first-order valence-corrected chi connectivity index (χ1v) is 11.2. The largest absolute Gasteiger partial charge is 0.497 e. The average Bonchev–Trinajstić information content (AvgIpc) is 3.24. The van der Waals surface area contributed by atoms with Gasteiger partial charge in [-0.1, -0.05) is 54.6 Å². The van der Waals surface area contributed by atoms with E-state index >= 15 is 0 Å². The number of nitrogens with zero attached hydrogens (tertiary/aromatic N) is 3. The lowest BCUT2D eigenvalue weighted by Gasteiger charge is -2.43. The lowest BCUT2D eigenvalue weighted by molar-refractivity contribution is -0.133. The second-order valence-corrected chi connectivity index (χ2v) is 8.70. The second-order valence-electron chi connectivity index (χ2n) is 8.70. The molecule has 4 aromatic rings. The van der Waals surface area contributed by atoms with Crippen molar-refractivity contribution in [3.05, 3.63) is 95.8 Å². The molecule has 0 bridgehead atoms. The molecule has 1 aromatic heterocycles. The van der Waals surface area contributed by atoms with Crippen LogP contribution in [0.5, 0.6) is 5.75 Å². The molecule has 0 radical (unpaired) electrons. The van der Waals surface area contributed by atoms with Crippen LogP contribution in [-0.4, -0.2) is 38.9 Å². The lowest BCUT2D eigenvalue weighted by Crippen LogP contribution is -2.63. The zero-order valence-electron chi connectivity index (χ0n) is 19.2. The summed E-state index contributed by atoms with van der Waals surface area (Å²) in [7, 11) is 1.61. The molecule has 0 aliphatic carbocycles. The van der Waals surface area contributed by atoms with Gasteiger partial charge in [-0.2, -0.15) is 0 Å². The Morgan fingerprint density at radius 1 is 1.03 bits per heavy atom. The van der Waals surface area contributed by atoms with Gasteiger partial charge in [-0.05, 0) is 42.3 Å². The SMILES string of the molecule is COc1cccc(CN2C(=O)c3nc4ccccc4n3C[C@]2(C)C(=O)NCc2ccccc2)c1. The molecule has 1 aliphatic rings. The number of hydrogen-bond donors (Lipinski definition) is 1. The van der Waals surface area contributed by atoms with Crippen LogP contribution in [-0.2, 0) is 24.4 Å². The molecule has 1 atom stereocenters. The highest BCUT2D eigenvalue weighted by atomic mass is 16.5. The number of ether oxygens (including phenoxy) is 1. The maximum Gasteiger partial charge on any atom is 0.291 e. The van der Waals surface area contributed by atoms with Crippen LogP contribution in [0, 0.1) is 0 Å². The molecule has 0 unspecified atom stereocenters. The minimum absolute atomic E-state index is 0.212. The highest BCUT2D eigenvalue weighted by molar-refractivity contribution is 6.01. The number of fused-ring (bicyclic) bond motifs is 3. The molecule has 34 heavy (non-hydrogen) atoms. The predicted octanol–water partition coefficient (Wildman–Crippen LogP) is 3.78. The Morgan fingerprint density at radius 3 is 2.56 bits per heavy atom. The van der Waals surface area contributed by atoms with Crippen molar-refractivity contribution in [1.82, 2.24) is 19.8 Å². The fraction of sp³-hybridized carbons (Fsp3) is 0.222. The summed E-state index contributed by atoms with van der Waals surface area (Å²) in [6, 6.07) is 24.9. The molecule has 0 spiro atoms. The smallest absolute Gasteiger partial charge is 0.291 e. The molecule has 172 valence electrons. The van der Waals surface area contributed by atoms with Crippen LogP contribution in [0.1, 0.15) is 28.7 Å². The number of carbonyl (C=O) groups excluding carboxylic acids is 2. The molecule has 0 saturated heterocycles. The number of carbonyl (C=O) groups is 2. The van der Waals surface area contributed by atoms with E-state index in [9.17, 15) is 9.59 Å². The Hall–Kier alpha value is -4.13. The van der Waals surface area contributed by atoms with Gasteiger partial charge >= 0.3 is 0 Å². The molecule has 0 saturated carbocycles. The molecule has 2 amide bonds. The Labute approximate surface area is 198 Å². The molecule has 0 fully saturated rings. The van der Waals surface area contributed by atoms with Gasteiger partial charge in [-0.15, -0.1) is 0 Å². The first kappa shape index (κ1) is 21.7. The van der Waals surface area contributed by atoms with E-state index in [1.807, 2.05) is 90.4 Å². The molecular formula is C27H26N4O3. The maximum absolute atomic E-state index is 13.8. The Morgan fingerprint density at radius 2 is 1.76 bits per heavy atom. The fourth-order valence-electron chi connectivity index (χ4n) is 4.50. The van der Waals surface area contributed by atoms with E-state index < -0.39 is 5.54 Å². The summed E-state index contributed by atoms with van der Waals surface area (Å²) < 4.78 is 7.22. The minimum Gasteiger partial charge on any atom is -0.497 e. The molecule has 2 heterocycles. The molecule has 3 aromatic carbocycles. The second kappa shape index (κ2) is 8.67. The summed E-state index contributed by atoms with van der Waals surface area (Å²) in [6.07, 6.45) is 0. The van der Waals surface area contributed by atoms with Gasteiger partial charge in [0, 0.05) is 13.1 Å². The first-order valence-electron chi connectivity index (χ1n) is 11.2. The van der Waals surface area contributed by atoms with Crippen LogP contribution < -0.4 is 10.1 Å². The van der Waals surface area contributed by atoms with E-state index in [1.165, 1.54) is 0 Å². The Balaban J connectivity index is 1.53. The van der Waals surface area contributed by atoms with Gasteiger partial charge in [-0.3, -0.25) is 9.59 Å². The first-order chi connectivity index (χ1) is 16.5. The van der Waals surface area contributed by atoms with Gasteiger partial charge in [0.15, 0.2) is 5.82 Å². The van der Waals surface area contributed by atoms with Crippen LogP contribution in [0.25, 0.3) is 11.0 Å². The van der Waals surface area contributed by atoms with Gasteiger partial charge in [0.05, 0.1) is 24.7 Å². The molecule has 5 rings (SSSR count). The van der Waals surface area contributed by atoms with E-state index in [4.69, 9.17) is 4.74 Å². The summed E-state index contributed by atoms with van der Waals surface area (Å²) >= 11 is 0. The third kappa shape index (κ3) is 3.79. The zero-order valence-corrected chi connectivity index (χ0v) is 19.2. The quantitative estimate of drug-likeness (QED) is 0.481. The third-order valence-electron chi connectivity index (χ3n) is 6.41. The Bertz CT molecular complexity index is 1360. The van der Waals surface area contributed by atoms with Gasteiger partial charge in [-0.25, -0.2) is 4.98 Å². The van der Waals surface area contributed by atoms with E-state index in [0.717, 1.165) is 22.2 Å². The number of benzene rings is 3. The molecule has 1 aliphatic heterocycles. The number of aromatic nitrogens is 2. The van der Waals surface area contributed by atoms with E-state index in [-0.39, 0.29) is 18.4 Å². The number of para-hydroxylation sites is 2. The summed E-state index contributed by atoms with van der Waals surface area (Å²) in [5.74, 6) is 0.556. The van der Waals surface area contributed by atoms with Gasteiger partial charge < -0.3 is 19.5 Å². The number of imidazole rings is 1. The number of hydrogen-bond acceptors (Lipinski definition) is 4. The lowest BCUT2D eigenvalue weighted by atomic mass is 9.94. The van der Waals surface area contributed by atoms with Crippen molar-refractivity contribution in [2.24, 2.45) is 0 Å². The zero-order chi connectivity index (χ0) is 23.7. The summed E-state index contributed by atoms with van der Waals surface area (Å²) in [6.45, 7) is 2.77. The van der Waals surface area contributed by atoms with Gasteiger partial charge in [0.2, 0.25) is 5.91 Å². The van der Waals surface area contributed by atoms with Crippen LogP contribution in [0.4, 0.5) is 0 Å². The highest BCUT2D eigenvalue weighted by Gasteiger charge is 2.48. The number of methoxy groups -OCH3 is 1. The molecule has 7 nitrogen and oxygen atoms in total. The van der Waals surface area contributed by atoms with Crippen LogP contribution in [0.2, 0.25) is 0 Å².